The van der Waals surface area contributed by atoms with Crippen LogP contribution in [0.3, 0.4) is 0 Å². The maximum atomic E-state index is 11.2. The highest BCUT2D eigenvalue weighted by atomic mass is 16.7. The summed E-state index contributed by atoms with van der Waals surface area (Å²) in [5, 5.41) is 18.1. The predicted molar refractivity (Wildman–Crippen MR) is 43.0 cm³/mol. The van der Waals surface area contributed by atoms with Gasteiger partial charge in [-0.3, -0.25) is 4.79 Å². The van der Waals surface area contributed by atoms with E-state index >= 15 is 0 Å². The number of hydrogen-bond acceptors (Lipinski definition) is 5. The van der Waals surface area contributed by atoms with Gasteiger partial charge in [-0.05, 0) is 6.92 Å². The number of ether oxygens (including phenoxy) is 2. The normalized spacial score (nSPS) is 23.0. The van der Waals surface area contributed by atoms with Gasteiger partial charge >= 0.3 is 0 Å². The van der Waals surface area contributed by atoms with Gasteiger partial charge in [0.2, 0.25) is 0 Å². The van der Waals surface area contributed by atoms with Gasteiger partial charge in [-0.1, -0.05) is 0 Å². The third-order valence-corrected chi connectivity index (χ3v) is 1.85. The molecule has 0 radical (unpaired) electrons. The Bertz CT molecular complexity index is 173. The first-order valence-electron chi connectivity index (χ1n) is 4.23. The molecule has 1 aliphatic rings. The summed E-state index contributed by atoms with van der Waals surface area (Å²) < 4.78 is 10.0. The number of Topliss-reactive ketones (excluding diaryl/α,β-unsaturated/α-hetero) is 1. The molecule has 0 aliphatic carbocycles. The monoisotopic (exact) mass is 190 g/mol. The Kier molecular flexibility index (Phi) is 3.80. The lowest BCUT2D eigenvalue weighted by molar-refractivity contribution is -0.140. The molecule has 1 saturated heterocycles. The molecule has 5 nitrogen and oxygen atoms in total. The van der Waals surface area contributed by atoms with Gasteiger partial charge in [-0.25, -0.2) is 0 Å². The number of ketones is 1. The van der Waals surface area contributed by atoms with Crippen molar-refractivity contribution < 1.29 is 24.5 Å². The molecule has 0 spiro atoms. The average molecular weight is 190 g/mol. The molecule has 0 aromatic rings. The van der Waals surface area contributed by atoms with Gasteiger partial charge in [0.15, 0.2) is 12.1 Å². The first-order valence-corrected chi connectivity index (χ1v) is 4.23. The van der Waals surface area contributed by atoms with Crippen LogP contribution in [-0.2, 0) is 14.3 Å². The molecule has 0 saturated carbocycles. The Morgan fingerprint density at radius 1 is 1.46 bits per heavy atom. The standard InChI is InChI=1S/C8H14O5/c1-5(9)8(11)6(10)4-7-12-2-3-13-7/h5,7-9,11H,2-4H2,1H3. The highest BCUT2D eigenvalue weighted by Crippen LogP contribution is 2.10. The van der Waals surface area contributed by atoms with Gasteiger partial charge in [0.1, 0.15) is 6.10 Å². The van der Waals surface area contributed by atoms with Crippen molar-refractivity contribution >= 4 is 5.78 Å². The van der Waals surface area contributed by atoms with Crippen LogP contribution in [0.2, 0.25) is 0 Å². The van der Waals surface area contributed by atoms with E-state index in [0.717, 1.165) is 0 Å². The second-order valence-electron chi connectivity index (χ2n) is 3.03. The fourth-order valence-corrected chi connectivity index (χ4v) is 1.08. The number of rotatable bonds is 4. The van der Waals surface area contributed by atoms with E-state index in [2.05, 4.69) is 0 Å². The summed E-state index contributed by atoms with van der Waals surface area (Å²) in [5.74, 6) is -0.457. The van der Waals surface area contributed by atoms with Crippen molar-refractivity contribution in [3.8, 4) is 0 Å². The molecule has 76 valence electrons. The van der Waals surface area contributed by atoms with Crippen LogP contribution in [0.15, 0.2) is 0 Å². The number of aliphatic hydroxyl groups is 2. The van der Waals surface area contributed by atoms with E-state index in [9.17, 15) is 4.79 Å². The molecule has 5 heteroatoms. The summed E-state index contributed by atoms with van der Waals surface area (Å²) in [6.07, 6.45) is -2.95. The zero-order valence-corrected chi connectivity index (χ0v) is 7.47. The second-order valence-corrected chi connectivity index (χ2v) is 3.03. The third kappa shape index (κ3) is 3.04. The van der Waals surface area contributed by atoms with E-state index in [4.69, 9.17) is 19.7 Å². The lowest BCUT2D eigenvalue weighted by Crippen LogP contribution is -2.34. The molecule has 0 amide bonds. The minimum Gasteiger partial charge on any atom is -0.390 e. The minimum absolute atomic E-state index is 0.00787. The van der Waals surface area contributed by atoms with Crippen LogP contribution in [0.1, 0.15) is 13.3 Å². The first-order chi connectivity index (χ1) is 6.11. The highest BCUT2D eigenvalue weighted by molar-refractivity contribution is 5.83. The molecular formula is C8H14O5. The zero-order valence-electron chi connectivity index (χ0n) is 7.47. The molecule has 1 fully saturated rings. The molecule has 2 atom stereocenters. The van der Waals surface area contributed by atoms with Crippen molar-refractivity contribution in [1.29, 1.82) is 0 Å². The van der Waals surface area contributed by atoms with Gasteiger partial charge < -0.3 is 19.7 Å². The summed E-state index contributed by atoms with van der Waals surface area (Å²) in [7, 11) is 0. The fourth-order valence-electron chi connectivity index (χ4n) is 1.08. The van der Waals surface area contributed by atoms with Crippen molar-refractivity contribution in [1.82, 2.24) is 0 Å². The fraction of sp³-hybridized carbons (Fsp3) is 0.875. The van der Waals surface area contributed by atoms with Crippen LogP contribution in [-0.4, -0.2) is 47.7 Å². The molecule has 1 heterocycles. The number of aliphatic hydroxyl groups excluding tert-OH is 2. The van der Waals surface area contributed by atoms with Crippen molar-refractivity contribution in [2.75, 3.05) is 13.2 Å². The van der Waals surface area contributed by atoms with E-state index in [0.29, 0.717) is 13.2 Å². The quantitative estimate of drug-likeness (QED) is 0.598. The molecule has 1 rings (SSSR count). The number of carbonyl (C=O) groups is 1. The zero-order chi connectivity index (χ0) is 9.84. The molecule has 1 aliphatic heterocycles. The van der Waals surface area contributed by atoms with Gasteiger partial charge in [0.05, 0.1) is 25.7 Å². The van der Waals surface area contributed by atoms with E-state index in [1.807, 2.05) is 0 Å². The summed E-state index contributed by atoms with van der Waals surface area (Å²) in [6, 6.07) is 0. The maximum Gasteiger partial charge on any atom is 0.168 e. The largest absolute Gasteiger partial charge is 0.390 e. The number of carbonyl (C=O) groups excluding carboxylic acids is 1. The SMILES string of the molecule is CC(O)C(O)C(=O)CC1OCCO1. The van der Waals surface area contributed by atoms with Crippen molar-refractivity contribution in [2.45, 2.75) is 31.8 Å². The van der Waals surface area contributed by atoms with E-state index in [-0.39, 0.29) is 6.42 Å². The lowest BCUT2D eigenvalue weighted by Gasteiger charge is -2.14. The van der Waals surface area contributed by atoms with Crippen molar-refractivity contribution in [2.24, 2.45) is 0 Å². The van der Waals surface area contributed by atoms with Crippen LogP contribution in [0, 0.1) is 0 Å². The van der Waals surface area contributed by atoms with Crippen LogP contribution in [0.25, 0.3) is 0 Å². The van der Waals surface area contributed by atoms with Gasteiger partial charge in [0, 0.05) is 0 Å². The van der Waals surface area contributed by atoms with E-state index < -0.39 is 24.3 Å². The Balaban J connectivity index is 2.31. The maximum absolute atomic E-state index is 11.2. The van der Waals surface area contributed by atoms with Crippen LogP contribution < -0.4 is 0 Å². The smallest absolute Gasteiger partial charge is 0.168 e. The molecular weight excluding hydrogens is 176 g/mol. The Morgan fingerprint density at radius 2 is 2.00 bits per heavy atom. The molecule has 0 aromatic heterocycles. The Hall–Kier alpha value is -0.490. The Labute approximate surface area is 76.3 Å². The summed E-state index contributed by atoms with van der Waals surface area (Å²) >= 11 is 0. The topological polar surface area (TPSA) is 76.0 Å². The van der Waals surface area contributed by atoms with Crippen molar-refractivity contribution in [3.05, 3.63) is 0 Å². The molecule has 2 unspecified atom stereocenters. The average Bonchev–Trinajstić information content (AvgIpc) is 2.55. The Morgan fingerprint density at radius 3 is 2.46 bits per heavy atom. The van der Waals surface area contributed by atoms with Crippen LogP contribution >= 0.6 is 0 Å². The van der Waals surface area contributed by atoms with Crippen LogP contribution in [0.5, 0.6) is 0 Å². The molecule has 0 bridgehead atoms. The molecule has 0 aromatic carbocycles. The predicted octanol–water partition coefficient (Wildman–Crippen LogP) is -0.940. The van der Waals surface area contributed by atoms with Crippen LogP contribution in [0.4, 0.5) is 0 Å². The van der Waals surface area contributed by atoms with Gasteiger partial charge in [0.25, 0.3) is 0 Å². The lowest BCUT2D eigenvalue weighted by atomic mass is 10.1. The van der Waals surface area contributed by atoms with Gasteiger partial charge in [-0.15, -0.1) is 0 Å². The minimum atomic E-state index is -1.34. The second kappa shape index (κ2) is 4.66. The number of hydrogen-bond donors (Lipinski definition) is 2. The highest BCUT2D eigenvalue weighted by Gasteiger charge is 2.26. The summed E-state index contributed by atoms with van der Waals surface area (Å²) in [4.78, 5) is 11.2. The third-order valence-electron chi connectivity index (χ3n) is 1.85. The van der Waals surface area contributed by atoms with E-state index in [1.165, 1.54) is 6.92 Å². The van der Waals surface area contributed by atoms with Gasteiger partial charge in [-0.2, -0.15) is 0 Å². The van der Waals surface area contributed by atoms with E-state index in [1.54, 1.807) is 0 Å². The summed E-state index contributed by atoms with van der Waals surface area (Å²) in [6.45, 7) is 2.31. The molecule has 13 heavy (non-hydrogen) atoms. The van der Waals surface area contributed by atoms with Crippen molar-refractivity contribution in [3.63, 3.8) is 0 Å². The first kappa shape index (κ1) is 10.6. The molecule has 2 N–H and O–H groups in total. The summed E-state index contributed by atoms with van der Waals surface area (Å²) in [5.41, 5.74) is 0.